The smallest absolute Gasteiger partial charge is 0.337 e. The third kappa shape index (κ3) is 9.72. The number of nitrogens with one attached hydrogen (secondary N) is 1. The lowest BCUT2D eigenvalue weighted by Gasteiger charge is -2.14. The predicted molar refractivity (Wildman–Crippen MR) is 103 cm³/mol. The molecule has 0 aliphatic rings. The zero-order valence-corrected chi connectivity index (χ0v) is 16.0. The largest absolute Gasteiger partial charge is 0.493 e. The van der Waals surface area contributed by atoms with Crippen molar-refractivity contribution in [3.63, 3.8) is 0 Å². The maximum Gasteiger partial charge on any atom is 0.337 e. The molecule has 146 valence electrons. The fourth-order valence-corrected chi connectivity index (χ4v) is 1.89. The Labute approximate surface area is 153 Å². The van der Waals surface area contributed by atoms with Crippen LogP contribution < -0.4 is 14.8 Å². The quantitative estimate of drug-likeness (QED) is 0.261. The van der Waals surface area contributed by atoms with Gasteiger partial charge in [-0.3, -0.25) is 0 Å². The number of aliphatic hydroxyl groups is 1. The zero-order chi connectivity index (χ0) is 17.1. The summed E-state index contributed by atoms with van der Waals surface area (Å²) in [4.78, 5) is 11.8. The number of carbonyl (C=O) groups is 1. The second-order valence-electron chi connectivity index (χ2n) is 4.86. The number of ether oxygens (including phenoxy) is 4. The lowest BCUT2D eigenvalue weighted by atomic mass is 10.1. The molecular weight excluding hydrogens is 345 g/mol. The van der Waals surface area contributed by atoms with E-state index in [0.29, 0.717) is 31.1 Å². The van der Waals surface area contributed by atoms with Crippen molar-refractivity contribution in [3.8, 4) is 11.5 Å². The number of aliphatic hydroxyl groups excluding tert-OH is 1. The molecular formula is C17H32NO6P. The number of benzene rings is 1. The fourth-order valence-electron chi connectivity index (χ4n) is 1.89. The maximum atomic E-state index is 11.8. The van der Waals surface area contributed by atoms with Crippen LogP contribution in [0, 0.1) is 6.92 Å². The van der Waals surface area contributed by atoms with E-state index < -0.39 is 5.97 Å². The Morgan fingerprint density at radius 3 is 2.48 bits per heavy atom. The number of methoxy groups -OCH3 is 1. The Balaban J connectivity index is 0. The van der Waals surface area contributed by atoms with Crippen molar-refractivity contribution in [1.82, 2.24) is 5.32 Å². The molecule has 2 N–H and O–H groups in total. The van der Waals surface area contributed by atoms with E-state index in [1.165, 1.54) is 7.11 Å². The number of aryl methyl sites for hydroxylation is 1. The lowest BCUT2D eigenvalue weighted by molar-refractivity contribution is -0.140. The second kappa shape index (κ2) is 15.0. The number of rotatable bonds is 11. The molecule has 1 rings (SSSR count). The van der Waals surface area contributed by atoms with Crippen LogP contribution in [0.3, 0.4) is 0 Å². The highest BCUT2D eigenvalue weighted by Crippen LogP contribution is 2.32. The normalized spacial score (nSPS) is 9.76. The molecule has 1 unspecified atom stereocenters. The Kier molecular flexibility index (Phi) is 15.6. The van der Waals surface area contributed by atoms with Crippen LogP contribution in [-0.4, -0.2) is 58.2 Å². The summed E-state index contributed by atoms with van der Waals surface area (Å²) in [6, 6.07) is 3.47. The molecule has 0 spiro atoms. The summed E-state index contributed by atoms with van der Waals surface area (Å²) >= 11 is 0. The molecule has 1 aromatic carbocycles. The molecule has 0 aliphatic carbocycles. The van der Waals surface area contributed by atoms with E-state index in [9.17, 15) is 9.90 Å². The molecule has 7 nitrogen and oxygen atoms in total. The first-order valence-corrected chi connectivity index (χ1v) is 7.41. The topological polar surface area (TPSA) is 86.3 Å². The van der Waals surface area contributed by atoms with Crippen LogP contribution in [0.2, 0.25) is 0 Å². The summed E-state index contributed by atoms with van der Waals surface area (Å²) in [5.74, 6) is 0.0642. The average molecular weight is 377 g/mol. The third-order valence-corrected chi connectivity index (χ3v) is 2.97. The second-order valence-corrected chi connectivity index (χ2v) is 4.86. The Hall–Kier alpha value is -1.24. The van der Waals surface area contributed by atoms with E-state index >= 15 is 0 Å². The minimum atomic E-state index is -0.558. The van der Waals surface area contributed by atoms with Crippen molar-refractivity contribution in [2.75, 3.05) is 47.1 Å². The molecule has 1 aromatic rings. The van der Waals surface area contributed by atoms with E-state index in [0.717, 1.165) is 12.1 Å². The van der Waals surface area contributed by atoms with E-state index in [1.807, 2.05) is 14.0 Å². The molecule has 0 fully saturated rings. The number of likely N-dealkylation sites (N-methyl/N-ethyl adjacent to an activating group) is 1. The van der Waals surface area contributed by atoms with Crippen molar-refractivity contribution in [3.05, 3.63) is 23.3 Å². The van der Waals surface area contributed by atoms with Crippen molar-refractivity contribution in [1.29, 1.82) is 0 Å². The highest BCUT2D eigenvalue weighted by atomic mass is 31.0. The van der Waals surface area contributed by atoms with Gasteiger partial charge in [-0.2, -0.15) is 9.90 Å². The van der Waals surface area contributed by atoms with E-state index in [1.54, 1.807) is 12.1 Å². The Morgan fingerprint density at radius 2 is 1.88 bits per heavy atom. The van der Waals surface area contributed by atoms with Gasteiger partial charge in [0.05, 0.1) is 33.5 Å². The van der Waals surface area contributed by atoms with Crippen molar-refractivity contribution in [2.45, 2.75) is 21.0 Å². The van der Waals surface area contributed by atoms with Crippen LogP contribution in [0.4, 0.5) is 0 Å². The van der Waals surface area contributed by atoms with E-state index in [2.05, 4.69) is 5.32 Å². The molecule has 0 aliphatic heterocycles. The number of hydrogen-bond acceptors (Lipinski definition) is 7. The van der Waals surface area contributed by atoms with Crippen LogP contribution in [0.15, 0.2) is 12.1 Å². The zero-order valence-electron chi connectivity index (χ0n) is 14.6. The van der Waals surface area contributed by atoms with Gasteiger partial charge in [-0.15, -0.1) is 0 Å². The van der Waals surface area contributed by atoms with Gasteiger partial charge in [-0.1, -0.05) is 7.43 Å². The minimum absolute atomic E-state index is 0. The molecule has 0 saturated heterocycles. The first-order chi connectivity index (χ1) is 11.1. The predicted octanol–water partition coefficient (Wildman–Crippen LogP) is 1.35. The molecule has 0 saturated carbocycles. The molecule has 0 heterocycles. The molecule has 0 bridgehead atoms. The van der Waals surface area contributed by atoms with E-state index in [-0.39, 0.29) is 36.3 Å². The molecule has 0 amide bonds. The van der Waals surface area contributed by atoms with Gasteiger partial charge >= 0.3 is 5.97 Å². The highest BCUT2D eigenvalue weighted by molar-refractivity contribution is 6.92. The van der Waals surface area contributed by atoms with Gasteiger partial charge < -0.3 is 29.4 Å². The molecule has 0 radical (unpaired) electrons. The van der Waals surface area contributed by atoms with E-state index in [4.69, 9.17) is 18.9 Å². The molecule has 0 aromatic heterocycles. The molecule has 1 atom stereocenters. The minimum Gasteiger partial charge on any atom is -0.493 e. The standard InChI is InChI=1S/C16H25NO6.CH4.H3P/c1-12-8-13(10-18)16(14(9-12)20-3)23-15(19)11-22-7-6-21-5-4-17-2;;/h8-9,17-18H,4-7,10-11H2,1-3H3;1H4;1H3. The van der Waals surface area contributed by atoms with Gasteiger partial charge in [-0.25, -0.2) is 4.79 Å². The number of carbonyl (C=O) groups excluding carboxylic acids is 1. The van der Waals surface area contributed by atoms with Gasteiger partial charge in [0.2, 0.25) is 0 Å². The number of esters is 1. The molecule has 25 heavy (non-hydrogen) atoms. The average Bonchev–Trinajstić information content (AvgIpc) is 2.55. The van der Waals surface area contributed by atoms with Gasteiger partial charge in [0, 0.05) is 12.1 Å². The van der Waals surface area contributed by atoms with Crippen molar-refractivity contribution >= 4 is 15.9 Å². The fraction of sp³-hybridized carbons (Fsp3) is 0.588. The van der Waals surface area contributed by atoms with Crippen LogP contribution >= 0.6 is 9.90 Å². The van der Waals surface area contributed by atoms with Gasteiger partial charge in [0.25, 0.3) is 0 Å². The lowest BCUT2D eigenvalue weighted by Crippen LogP contribution is -2.20. The summed E-state index contributed by atoms with van der Waals surface area (Å²) < 4.78 is 20.9. The Morgan fingerprint density at radius 1 is 1.20 bits per heavy atom. The van der Waals surface area contributed by atoms with Crippen LogP contribution in [0.5, 0.6) is 11.5 Å². The SMILES string of the molecule is C.CNCCOCCOCC(=O)Oc1c(CO)cc(C)cc1OC.P. The van der Waals surface area contributed by atoms with Crippen LogP contribution in [0.1, 0.15) is 18.6 Å². The highest BCUT2D eigenvalue weighted by Gasteiger charge is 2.15. The summed E-state index contributed by atoms with van der Waals surface area (Å²) in [5, 5.41) is 12.4. The number of hydrogen-bond donors (Lipinski definition) is 2. The first-order valence-electron chi connectivity index (χ1n) is 7.41. The van der Waals surface area contributed by atoms with Crippen LogP contribution in [0.25, 0.3) is 0 Å². The third-order valence-electron chi connectivity index (χ3n) is 2.97. The Bertz CT molecular complexity index is 473. The van der Waals surface area contributed by atoms with Crippen molar-refractivity contribution < 1.29 is 28.8 Å². The van der Waals surface area contributed by atoms with Gasteiger partial charge in [0.15, 0.2) is 11.5 Å². The van der Waals surface area contributed by atoms with Crippen molar-refractivity contribution in [2.24, 2.45) is 0 Å². The van der Waals surface area contributed by atoms with Gasteiger partial charge in [-0.05, 0) is 31.7 Å². The molecule has 8 heteroatoms. The summed E-state index contributed by atoms with van der Waals surface area (Å²) in [6.07, 6.45) is 0. The summed E-state index contributed by atoms with van der Waals surface area (Å²) in [7, 11) is 3.32. The monoisotopic (exact) mass is 377 g/mol. The first kappa shape index (κ1) is 26.0. The van der Waals surface area contributed by atoms with Crippen LogP contribution in [-0.2, 0) is 20.9 Å². The summed E-state index contributed by atoms with van der Waals surface area (Å²) in [5.41, 5.74) is 1.39. The van der Waals surface area contributed by atoms with Gasteiger partial charge in [0.1, 0.15) is 6.61 Å². The summed E-state index contributed by atoms with van der Waals surface area (Å²) in [6.45, 7) is 3.48. The maximum absolute atomic E-state index is 11.8.